The first-order chi connectivity index (χ1) is 16.2. The van der Waals surface area contributed by atoms with E-state index in [-0.39, 0.29) is 90.5 Å². The molecule has 0 saturated heterocycles. The molecule has 2 aromatic carbocycles. The monoisotopic (exact) mass is 539 g/mol. The van der Waals surface area contributed by atoms with Crippen LogP contribution in [0.2, 0.25) is 0 Å². The van der Waals surface area contributed by atoms with Gasteiger partial charge in [0.15, 0.2) is 11.5 Å². The van der Waals surface area contributed by atoms with Gasteiger partial charge in [-0.3, -0.25) is 4.79 Å². The second-order valence-corrected chi connectivity index (χ2v) is 8.83. The van der Waals surface area contributed by atoms with Crippen molar-refractivity contribution in [2.24, 2.45) is 0 Å². The van der Waals surface area contributed by atoms with Gasteiger partial charge in [0.1, 0.15) is 5.75 Å². The van der Waals surface area contributed by atoms with Crippen LogP contribution in [0.3, 0.4) is 0 Å². The summed E-state index contributed by atoms with van der Waals surface area (Å²) in [5.74, 6) is 1.90. The zero-order valence-corrected chi connectivity index (χ0v) is 26.4. The maximum atomic E-state index is 12.6. The zero-order chi connectivity index (χ0) is 24.9. The first-order valence-electron chi connectivity index (χ1n) is 10.7. The average Bonchev–Trinajstić information content (AvgIpc) is 2.96. The molecule has 3 rings (SSSR count). The van der Waals surface area contributed by atoms with Crippen LogP contribution >= 0.6 is 7.82 Å². The summed E-state index contributed by atoms with van der Waals surface area (Å²) in [6.45, 7) is -0.338. The number of aryl methyl sites for hydroxylation is 1. The minimum atomic E-state index is -5.05. The second kappa shape index (κ2) is 15.0. The summed E-state index contributed by atoms with van der Waals surface area (Å²) in [6, 6.07) is 7.19. The first kappa shape index (κ1) is 33.2. The van der Waals surface area contributed by atoms with Crippen LogP contribution in [0.15, 0.2) is 24.3 Å². The van der Waals surface area contributed by atoms with Crippen molar-refractivity contribution in [3.8, 4) is 34.1 Å². The molecule has 0 fully saturated rings. The number of benzene rings is 2. The number of methoxy groups -OCH3 is 4. The van der Waals surface area contributed by atoms with Gasteiger partial charge in [0.25, 0.3) is 0 Å². The Bertz CT molecular complexity index is 1090. The van der Waals surface area contributed by atoms with Gasteiger partial charge in [-0.25, -0.2) is 0 Å². The van der Waals surface area contributed by atoms with Crippen LogP contribution in [0.4, 0.5) is 0 Å². The number of hydrogen-bond acceptors (Lipinski definition) is 9. The Morgan fingerprint density at radius 3 is 2.31 bits per heavy atom. The largest absolute Gasteiger partial charge is 1.00 e. The summed E-state index contributed by atoms with van der Waals surface area (Å²) >= 11 is 0. The van der Waals surface area contributed by atoms with Crippen molar-refractivity contribution in [2.75, 3.05) is 35.0 Å². The molecule has 1 N–H and O–H groups in total. The molecule has 0 spiro atoms. The van der Waals surface area contributed by atoms with Gasteiger partial charge in [0, 0.05) is 12.0 Å². The Kier molecular flexibility index (Phi) is 13.8. The fourth-order valence-corrected chi connectivity index (χ4v) is 4.52. The van der Waals surface area contributed by atoms with Crippen LogP contribution in [0, 0.1) is 0 Å². The molecule has 0 unspecified atom stereocenters. The Labute approximate surface area is 255 Å². The SMILES string of the molecule is COc1ccc2c(c1)[C@@H](NC(=O)CCCOP(=O)([O-])[O-])CCc1cc(OC)c(OC)c(OC)c1-2.[Na+].[Na+]. The Morgan fingerprint density at radius 2 is 1.72 bits per heavy atom. The molecule has 186 valence electrons. The fraction of sp³-hybridized carbons (Fsp3) is 0.435. The Balaban J connectivity index is 0.00000324. The molecule has 1 aliphatic rings. The molecule has 1 atom stereocenters. The molecule has 0 saturated carbocycles. The number of ether oxygens (including phenoxy) is 4. The van der Waals surface area contributed by atoms with Crippen LogP contribution in [0.1, 0.15) is 36.4 Å². The van der Waals surface area contributed by atoms with Crippen LogP contribution in [-0.4, -0.2) is 41.0 Å². The molecule has 0 heterocycles. The van der Waals surface area contributed by atoms with E-state index in [9.17, 15) is 19.1 Å². The smallest absolute Gasteiger partial charge is 0.790 e. The number of fused-ring (bicyclic) bond motifs is 3. The van der Waals surface area contributed by atoms with Gasteiger partial charge < -0.3 is 43.1 Å². The van der Waals surface area contributed by atoms with Gasteiger partial charge in [-0.1, -0.05) is 6.07 Å². The maximum Gasteiger partial charge on any atom is 1.00 e. The molecule has 1 amide bonds. The van der Waals surface area contributed by atoms with Crippen molar-refractivity contribution in [2.45, 2.75) is 31.7 Å². The van der Waals surface area contributed by atoms with Crippen molar-refractivity contribution >= 4 is 13.7 Å². The zero-order valence-electron chi connectivity index (χ0n) is 21.5. The van der Waals surface area contributed by atoms with Crippen LogP contribution in [0.5, 0.6) is 23.0 Å². The molecule has 36 heavy (non-hydrogen) atoms. The van der Waals surface area contributed by atoms with E-state index in [0.29, 0.717) is 35.8 Å². The summed E-state index contributed by atoms with van der Waals surface area (Å²) in [5, 5.41) is 3.01. The summed E-state index contributed by atoms with van der Waals surface area (Å²) in [4.78, 5) is 33.8. The minimum absolute atomic E-state index is 0. The van der Waals surface area contributed by atoms with E-state index in [0.717, 1.165) is 22.3 Å². The summed E-state index contributed by atoms with van der Waals surface area (Å²) in [7, 11) is 1.19. The van der Waals surface area contributed by atoms with Gasteiger partial charge >= 0.3 is 59.1 Å². The molecule has 1 aliphatic carbocycles. The third-order valence-corrected chi connectivity index (χ3v) is 6.15. The van der Waals surface area contributed by atoms with Crippen molar-refractivity contribution < 1.29 is 102 Å². The van der Waals surface area contributed by atoms with Gasteiger partial charge in [-0.2, -0.15) is 0 Å². The Hall–Kier alpha value is -0.780. The normalized spacial score (nSPS) is 14.1. The van der Waals surface area contributed by atoms with E-state index in [4.69, 9.17) is 18.9 Å². The van der Waals surface area contributed by atoms with Gasteiger partial charge in [-0.15, -0.1) is 0 Å². The summed E-state index contributed by atoms with van der Waals surface area (Å²) in [6.07, 6.45) is 1.31. The molecular formula is C23H28NNa2O9P. The second-order valence-electron chi connectivity index (χ2n) is 7.68. The van der Waals surface area contributed by atoms with E-state index < -0.39 is 7.82 Å². The standard InChI is InChI=1S/C23H30NO9P.2Na/c1-29-15-8-9-16-17(13-15)18(24-20(25)6-5-11-33-34(26,27)28)10-7-14-12-19(30-2)22(31-3)23(32-4)21(14)16;;/h8-9,12-13,18H,5-7,10-11H2,1-4H3,(H,24,25)(H2,26,27,28);;/q;2*+1/p-2/t18-;;/m0../s1. The predicted octanol–water partition coefficient (Wildman–Crippen LogP) is -3.87. The molecule has 0 aliphatic heterocycles. The molecule has 0 radical (unpaired) electrons. The van der Waals surface area contributed by atoms with Gasteiger partial charge in [0.2, 0.25) is 11.7 Å². The number of carbonyl (C=O) groups is 1. The topological polar surface area (TPSA) is 138 Å². The molecule has 10 nitrogen and oxygen atoms in total. The predicted molar refractivity (Wildman–Crippen MR) is 120 cm³/mol. The number of hydrogen-bond donors (Lipinski definition) is 1. The molecule has 2 aromatic rings. The minimum Gasteiger partial charge on any atom is -0.790 e. The van der Waals surface area contributed by atoms with E-state index in [1.165, 1.54) is 0 Å². The van der Waals surface area contributed by atoms with E-state index in [1.54, 1.807) is 28.4 Å². The van der Waals surface area contributed by atoms with E-state index in [2.05, 4.69) is 9.84 Å². The number of amides is 1. The maximum absolute atomic E-state index is 12.6. The third-order valence-electron chi connectivity index (χ3n) is 5.65. The molecular weight excluding hydrogens is 511 g/mol. The first-order valence-corrected chi connectivity index (χ1v) is 12.1. The van der Waals surface area contributed by atoms with Crippen molar-refractivity contribution in [3.05, 3.63) is 35.4 Å². The number of phosphoric ester groups is 1. The number of nitrogens with one attached hydrogen (secondary N) is 1. The number of rotatable bonds is 10. The van der Waals surface area contributed by atoms with Gasteiger partial charge in [-0.05, 0) is 54.2 Å². The van der Waals surface area contributed by atoms with Crippen LogP contribution in [-0.2, 0) is 20.3 Å². The van der Waals surface area contributed by atoms with E-state index in [1.807, 2.05) is 24.3 Å². The molecule has 13 heteroatoms. The molecule has 0 bridgehead atoms. The summed E-state index contributed by atoms with van der Waals surface area (Å²) in [5.41, 5.74) is 3.53. The summed E-state index contributed by atoms with van der Waals surface area (Å²) < 4.78 is 37.0. The van der Waals surface area contributed by atoms with Crippen molar-refractivity contribution in [1.82, 2.24) is 5.32 Å². The quantitative estimate of drug-likeness (QED) is 0.183. The Morgan fingerprint density at radius 1 is 1.03 bits per heavy atom. The number of phosphoric acid groups is 1. The van der Waals surface area contributed by atoms with E-state index >= 15 is 0 Å². The van der Waals surface area contributed by atoms with Crippen LogP contribution < -0.4 is 93.2 Å². The van der Waals surface area contributed by atoms with Crippen LogP contribution in [0.25, 0.3) is 11.1 Å². The fourth-order valence-electron chi connectivity index (χ4n) is 4.16. The molecule has 0 aromatic heterocycles. The van der Waals surface area contributed by atoms with Crippen molar-refractivity contribution in [3.63, 3.8) is 0 Å². The van der Waals surface area contributed by atoms with Crippen molar-refractivity contribution in [1.29, 1.82) is 0 Å². The third kappa shape index (κ3) is 8.11. The number of carbonyl (C=O) groups excluding carboxylic acids is 1. The van der Waals surface area contributed by atoms with Gasteiger partial charge in [0.05, 0.1) is 48.9 Å². The average molecular weight is 539 g/mol.